The van der Waals surface area contributed by atoms with Gasteiger partial charge in [0.05, 0.1) is 0 Å². The van der Waals surface area contributed by atoms with Gasteiger partial charge in [-0.25, -0.2) is 9.97 Å². The molecule has 0 amide bonds. The molecular weight excluding hydrogens is 226 g/mol. The Morgan fingerprint density at radius 2 is 1.94 bits per heavy atom. The molecule has 1 rings (SSSR count). The van der Waals surface area contributed by atoms with Crippen LogP contribution in [-0.4, -0.2) is 42.1 Å². The average molecular weight is 251 g/mol. The Balaban J connectivity index is 2.69. The zero-order valence-corrected chi connectivity index (χ0v) is 12.1. The van der Waals surface area contributed by atoms with Gasteiger partial charge in [-0.3, -0.25) is 0 Å². The van der Waals surface area contributed by atoms with Crippen LogP contribution in [0.15, 0.2) is 0 Å². The Bertz CT molecular complexity index is 387. The van der Waals surface area contributed by atoms with E-state index in [0.717, 1.165) is 36.7 Å². The molecule has 0 atom stereocenters. The monoisotopic (exact) mass is 251 g/mol. The summed E-state index contributed by atoms with van der Waals surface area (Å²) in [6.07, 6.45) is 1.08. The van der Waals surface area contributed by atoms with Crippen LogP contribution in [0.5, 0.6) is 0 Å². The van der Waals surface area contributed by atoms with Crippen LogP contribution < -0.4 is 11.1 Å². The lowest BCUT2D eigenvalue weighted by Crippen LogP contribution is -2.17. The second-order valence-electron chi connectivity index (χ2n) is 5.18. The molecule has 0 saturated carbocycles. The molecule has 0 spiro atoms. The lowest BCUT2D eigenvalue weighted by atomic mass is 10.2. The van der Waals surface area contributed by atoms with Gasteiger partial charge in [-0.2, -0.15) is 0 Å². The zero-order valence-electron chi connectivity index (χ0n) is 12.1. The molecule has 0 fully saturated rings. The fourth-order valence-corrected chi connectivity index (χ4v) is 1.58. The summed E-state index contributed by atoms with van der Waals surface area (Å²) in [6.45, 7) is 8.05. The van der Waals surface area contributed by atoms with E-state index in [9.17, 15) is 0 Å². The predicted octanol–water partition coefficient (Wildman–Crippen LogP) is 1.85. The average Bonchev–Trinajstić information content (AvgIpc) is 2.28. The molecule has 5 heteroatoms. The van der Waals surface area contributed by atoms with Gasteiger partial charge in [-0.05, 0) is 34.0 Å². The molecule has 0 bridgehead atoms. The first-order chi connectivity index (χ1) is 8.41. The van der Waals surface area contributed by atoms with Gasteiger partial charge in [-0.15, -0.1) is 0 Å². The van der Waals surface area contributed by atoms with Gasteiger partial charge in [0.25, 0.3) is 0 Å². The summed E-state index contributed by atoms with van der Waals surface area (Å²) < 4.78 is 0. The van der Waals surface area contributed by atoms with Crippen molar-refractivity contribution in [1.82, 2.24) is 14.9 Å². The lowest BCUT2D eigenvalue weighted by molar-refractivity contribution is 0.405. The highest BCUT2D eigenvalue weighted by atomic mass is 15.1. The van der Waals surface area contributed by atoms with Crippen LogP contribution in [0.3, 0.4) is 0 Å². The van der Waals surface area contributed by atoms with Crippen molar-refractivity contribution in [3.05, 3.63) is 11.4 Å². The molecule has 0 aromatic carbocycles. The molecule has 3 N–H and O–H groups in total. The molecule has 0 saturated heterocycles. The molecular formula is C13H25N5. The van der Waals surface area contributed by atoms with E-state index in [1.54, 1.807) is 0 Å². The van der Waals surface area contributed by atoms with E-state index >= 15 is 0 Å². The van der Waals surface area contributed by atoms with Gasteiger partial charge < -0.3 is 16.0 Å². The van der Waals surface area contributed by atoms with Crippen LogP contribution >= 0.6 is 0 Å². The van der Waals surface area contributed by atoms with Crippen molar-refractivity contribution in [2.45, 2.75) is 33.1 Å². The van der Waals surface area contributed by atoms with E-state index in [-0.39, 0.29) is 5.92 Å². The first-order valence-electron chi connectivity index (χ1n) is 6.44. The third kappa shape index (κ3) is 4.14. The second kappa shape index (κ2) is 6.54. The molecule has 0 aliphatic rings. The number of nitrogens with one attached hydrogen (secondary N) is 1. The van der Waals surface area contributed by atoms with Crippen molar-refractivity contribution in [2.24, 2.45) is 0 Å². The van der Waals surface area contributed by atoms with E-state index in [2.05, 4.69) is 48.1 Å². The topological polar surface area (TPSA) is 67.1 Å². The minimum absolute atomic E-state index is 0.287. The fraction of sp³-hybridized carbons (Fsp3) is 0.692. The Labute approximate surface area is 110 Å². The Hall–Kier alpha value is -1.36. The maximum absolute atomic E-state index is 5.91. The summed E-state index contributed by atoms with van der Waals surface area (Å²) in [5.41, 5.74) is 6.85. The van der Waals surface area contributed by atoms with Crippen LogP contribution in [0, 0.1) is 6.92 Å². The van der Waals surface area contributed by atoms with E-state index < -0.39 is 0 Å². The molecule has 18 heavy (non-hydrogen) atoms. The van der Waals surface area contributed by atoms with Crippen LogP contribution in [0.1, 0.15) is 37.6 Å². The first-order valence-corrected chi connectivity index (χ1v) is 6.44. The summed E-state index contributed by atoms with van der Waals surface area (Å²) in [4.78, 5) is 11.0. The SMILES string of the molecule is Cc1c(N)nc(C(C)C)nc1NCCCN(C)C. The molecule has 1 aromatic heterocycles. The van der Waals surface area contributed by atoms with E-state index in [4.69, 9.17) is 5.73 Å². The smallest absolute Gasteiger partial charge is 0.135 e. The van der Waals surface area contributed by atoms with Gasteiger partial charge in [0.15, 0.2) is 0 Å². The van der Waals surface area contributed by atoms with Crippen molar-refractivity contribution < 1.29 is 0 Å². The number of nitrogens with zero attached hydrogens (tertiary/aromatic N) is 3. The summed E-state index contributed by atoms with van der Waals surface area (Å²) >= 11 is 0. The normalized spacial score (nSPS) is 11.3. The predicted molar refractivity (Wildman–Crippen MR) is 76.9 cm³/mol. The maximum Gasteiger partial charge on any atom is 0.135 e. The van der Waals surface area contributed by atoms with Crippen molar-refractivity contribution in [2.75, 3.05) is 38.2 Å². The van der Waals surface area contributed by atoms with Gasteiger partial charge in [-0.1, -0.05) is 13.8 Å². The highest BCUT2D eigenvalue weighted by molar-refractivity contribution is 5.54. The van der Waals surface area contributed by atoms with E-state index in [1.165, 1.54) is 0 Å². The number of anilines is 2. The standard InChI is InChI=1S/C13H25N5/c1-9(2)12-16-11(14)10(3)13(17-12)15-7-6-8-18(4)5/h9H,6-8H2,1-5H3,(H3,14,15,16,17). The largest absolute Gasteiger partial charge is 0.383 e. The van der Waals surface area contributed by atoms with Crippen molar-refractivity contribution >= 4 is 11.6 Å². The van der Waals surface area contributed by atoms with Crippen molar-refractivity contribution in [1.29, 1.82) is 0 Å². The van der Waals surface area contributed by atoms with Gasteiger partial charge in [0, 0.05) is 18.0 Å². The third-order valence-corrected chi connectivity index (χ3v) is 2.79. The molecule has 102 valence electrons. The van der Waals surface area contributed by atoms with Crippen LogP contribution in [0.2, 0.25) is 0 Å². The summed E-state index contributed by atoms with van der Waals surface area (Å²) in [5.74, 6) is 2.53. The zero-order chi connectivity index (χ0) is 13.7. The van der Waals surface area contributed by atoms with Crippen molar-refractivity contribution in [3.8, 4) is 0 Å². The number of nitrogens with two attached hydrogens (primary N) is 1. The van der Waals surface area contributed by atoms with E-state index in [0.29, 0.717) is 5.82 Å². The van der Waals surface area contributed by atoms with Crippen molar-refractivity contribution in [3.63, 3.8) is 0 Å². The molecule has 1 heterocycles. The number of rotatable bonds is 6. The molecule has 5 nitrogen and oxygen atoms in total. The van der Waals surface area contributed by atoms with Crippen LogP contribution in [0.25, 0.3) is 0 Å². The minimum atomic E-state index is 0.287. The second-order valence-corrected chi connectivity index (χ2v) is 5.18. The number of hydrogen-bond acceptors (Lipinski definition) is 5. The minimum Gasteiger partial charge on any atom is -0.383 e. The Morgan fingerprint density at radius 1 is 1.28 bits per heavy atom. The number of aromatic nitrogens is 2. The fourth-order valence-electron chi connectivity index (χ4n) is 1.58. The molecule has 0 aliphatic carbocycles. The van der Waals surface area contributed by atoms with Crippen LogP contribution in [-0.2, 0) is 0 Å². The summed E-state index contributed by atoms with van der Waals surface area (Å²) in [5, 5.41) is 3.35. The lowest BCUT2D eigenvalue weighted by Gasteiger charge is -2.14. The molecule has 0 radical (unpaired) electrons. The van der Waals surface area contributed by atoms with Gasteiger partial charge in [0.1, 0.15) is 17.5 Å². The van der Waals surface area contributed by atoms with Gasteiger partial charge >= 0.3 is 0 Å². The number of hydrogen-bond donors (Lipinski definition) is 2. The number of nitrogen functional groups attached to an aromatic ring is 1. The third-order valence-electron chi connectivity index (χ3n) is 2.79. The highest BCUT2D eigenvalue weighted by Gasteiger charge is 2.10. The quantitative estimate of drug-likeness (QED) is 0.755. The van der Waals surface area contributed by atoms with Crippen LogP contribution in [0.4, 0.5) is 11.6 Å². The Kier molecular flexibility index (Phi) is 5.34. The highest BCUT2D eigenvalue weighted by Crippen LogP contribution is 2.20. The molecule has 0 aliphatic heterocycles. The maximum atomic E-state index is 5.91. The molecule has 1 aromatic rings. The van der Waals surface area contributed by atoms with Gasteiger partial charge in [0.2, 0.25) is 0 Å². The summed E-state index contributed by atoms with van der Waals surface area (Å²) in [6, 6.07) is 0. The molecule has 0 unspecified atom stereocenters. The summed E-state index contributed by atoms with van der Waals surface area (Å²) in [7, 11) is 4.15. The first kappa shape index (κ1) is 14.7. The Morgan fingerprint density at radius 3 is 2.50 bits per heavy atom. The van der Waals surface area contributed by atoms with E-state index in [1.807, 2.05) is 6.92 Å².